The molecule has 0 fully saturated rings. The van der Waals surface area contributed by atoms with Crippen LogP contribution in [0.1, 0.15) is 60.2 Å². The fourth-order valence-corrected chi connectivity index (χ4v) is 2.77. The summed E-state index contributed by atoms with van der Waals surface area (Å²) in [7, 11) is 0.758. The highest BCUT2D eigenvalue weighted by Crippen LogP contribution is 2.15. The Morgan fingerprint density at radius 1 is 0.885 bits per heavy atom. The molecular formula is C16H28O7P2S. The molecule has 0 amide bonds. The van der Waals surface area contributed by atoms with Crippen molar-refractivity contribution in [1.29, 1.82) is 0 Å². The highest BCUT2D eigenvalue weighted by molar-refractivity contribution is 7.85. The normalized spacial score (nSPS) is 10.0. The molecule has 0 aliphatic carbocycles. The van der Waals surface area contributed by atoms with Gasteiger partial charge in [0.2, 0.25) is 0 Å². The van der Waals surface area contributed by atoms with Crippen LogP contribution in [0.4, 0.5) is 0 Å². The second-order valence-corrected chi connectivity index (χ2v) is 7.69. The third-order valence-electron chi connectivity index (χ3n) is 2.81. The maximum absolute atomic E-state index is 10.8. The van der Waals surface area contributed by atoms with E-state index in [0.29, 0.717) is 12.1 Å². The molecule has 10 heteroatoms. The lowest BCUT2D eigenvalue weighted by molar-refractivity contribution is 0.0696. The zero-order valence-electron chi connectivity index (χ0n) is 15.0. The van der Waals surface area contributed by atoms with Crippen molar-refractivity contribution < 1.29 is 32.8 Å². The summed E-state index contributed by atoms with van der Waals surface area (Å²) in [5, 5.41) is 17.2. The number of carboxylic acid groups (broad SMARTS) is 2. The quantitative estimate of drug-likeness (QED) is 0.448. The van der Waals surface area contributed by atoms with Gasteiger partial charge in [-0.15, -0.1) is 18.5 Å². The van der Waals surface area contributed by atoms with Gasteiger partial charge in [0.25, 0.3) is 10.1 Å². The van der Waals surface area contributed by atoms with Crippen LogP contribution in [0, 0.1) is 0 Å². The largest absolute Gasteiger partial charge is 0.478 e. The molecule has 1 aromatic carbocycles. The van der Waals surface area contributed by atoms with Gasteiger partial charge in [-0.3, -0.25) is 4.55 Å². The van der Waals surface area contributed by atoms with Gasteiger partial charge >= 0.3 is 11.9 Å². The molecule has 1 rings (SSSR count). The van der Waals surface area contributed by atoms with Crippen molar-refractivity contribution in [2.75, 3.05) is 12.3 Å². The van der Waals surface area contributed by atoms with Crippen LogP contribution in [0.2, 0.25) is 0 Å². The maximum Gasteiger partial charge on any atom is 0.335 e. The van der Waals surface area contributed by atoms with Crippen LogP contribution in [0.3, 0.4) is 0 Å². The lowest BCUT2D eigenvalue weighted by Gasteiger charge is -2.02. The predicted molar refractivity (Wildman–Crippen MR) is 109 cm³/mol. The molecule has 0 saturated heterocycles. The number of carbonyl (C=O) groups is 2. The zero-order valence-corrected chi connectivity index (χ0v) is 18.1. The molecule has 0 spiro atoms. The van der Waals surface area contributed by atoms with E-state index in [1.807, 2.05) is 0 Å². The van der Waals surface area contributed by atoms with E-state index >= 15 is 0 Å². The Hall–Kier alpha value is -1.07. The smallest absolute Gasteiger partial charge is 0.335 e. The summed E-state index contributed by atoms with van der Waals surface area (Å²) in [4.78, 5) is 20.4. The number of hydrogen-bond acceptors (Lipinski definition) is 4. The SMILES string of the molecule is CCCCP.CCCCP.O=C(O)c1cc(C(=O)O)cc(S(=O)(=O)O)c1. The maximum atomic E-state index is 10.8. The molecule has 0 bridgehead atoms. The molecule has 2 atom stereocenters. The standard InChI is InChI=1S/C8H6O7S.2C4H11P/c9-7(10)4-1-5(8(11)12)3-6(2-4)16(13,14)15;2*1-2-3-4-5/h1-3H,(H,9,10)(H,11,12)(H,13,14,15);2*2-5H2,1H3. The van der Waals surface area contributed by atoms with Crippen LogP contribution in [-0.4, -0.2) is 47.4 Å². The average Bonchev–Trinajstić information content (AvgIpc) is 2.56. The summed E-state index contributed by atoms with van der Waals surface area (Å²) in [5.41, 5.74) is -1.07. The molecule has 0 aliphatic rings. The van der Waals surface area contributed by atoms with Crippen LogP contribution >= 0.6 is 18.5 Å². The van der Waals surface area contributed by atoms with Crippen molar-refractivity contribution in [1.82, 2.24) is 0 Å². The molecule has 0 radical (unpaired) electrons. The van der Waals surface area contributed by atoms with Gasteiger partial charge in [-0.05, 0) is 30.5 Å². The molecule has 1 aromatic rings. The fourth-order valence-electron chi connectivity index (χ4n) is 1.40. The summed E-state index contributed by atoms with van der Waals surface area (Å²) in [5.74, 6) is -2.99. The Balaban J connectivity index is 0. The Kier molecular flexibility index (Phi) is 15.7. The van der Waals surface area contributed by atoms with Gasteiger partial charge in [0.15, 0.2) is 0 Å². The van der Waals surface area contributed by atoms with Gasteiger partial charge in [0.1, 0.15) is 0 Å². The van der Waals surface area contributed by atoms with E-state index in [4.69, 9.17) is 14.8 Å². The van der Waals surface area contributed by atoms with Crippen molar-refractivity contribution in [3.8, 4) is 0 Å². The van der Waals surface area contributed by atoms with E-state index in [0.717, 1.165) is 6.07 Å². The summed E-state index contributed by atoms with van der Waals surface area (Å²) in [6.07, 6.45) is 7.87. The van der Waals surface area contributed by atoms with E-state index in [-0.39, 0.29) is 0 Å². The minimum Gasteiger partial charge on any atom is -0.478 e. The van der Waals surface area contributed by atoms with E-state index in [2.05, 4.69) is 32.3 Å². The van der Waals surface area contributed by atoms with E-state index in [1.165, 1.54) is 38.0 Å². The Morgan fingerprint density at radius 3 is 1.38 bits per heavy atom. The number of carboxylic acids is 2. The van der Waals surface area contributed by atoms with Gasteiger partial charge in [-0.25, -0.2) is 9.59 Å². The predicted octanol–water partition coefficient (Wildman–Crippen LogP) is 3.65. The Morgan fingerprint density at radius 2 is 1.23 bits per heavy atom. The third-order valence-corrected chi connectivity index (χ3v) is 4.46. The van der Waals surface area contributed by atoms with Crippen molar-refractivity contribution in [2.45, 2.75) is 44.4 Å². The van der Waals surface area contributed by atoms with Crippen LogP contribution in [-0.2, 0) is 10.1 Å². The molecule has 7 nitrogen and oxygen atoms in total. The molecule has 0 saturated carbocycles. The van der Waals surface area contributed by atoms with Gasteiger partial charge < -0.3 is 10.2 Å². The van der Waals surface area contributed by atoms with E-state index in [1.54, 1.807) is 0 Å². The number of hydrogen-bond donors (Lipinski definition) is 3. The molecule has 0 aliphatic heterocycles. The van der Waals surface area contributed by atoms with Gasteiger partial charge in [-0.1, -0.05) is 39.5 Å². The number of rotatable bonds is 7. The van der Waals surface area contributed by atoms with Crippen LogP contribution in [0.5, 0.6) is 0 Å². The number of unbranched alkanes of at least 4 members (excludes halogenated alkanes) is 2. The van der Waals surface area contributed by atoms with Crippen LogP contribution in [0.15, 0.2) is 23.1 Å². The third kappa shape index (κ3) is 13.2. The molecule has 2 unspecified atom stereocenters. The van der Waals surface area contributed by atoms with E-state index in [9.17, 15) is 18.0 Å². The topological polar surface area (TPSA) is 129 Å². The molecule has 0 aromatic heterocycles. The summed E-state index contributed by atoms with van der Waals surface area (Å²) in [6, 6.07) is 2.13. The lowest BCUT2D eigenvalue weighted by atomic mass is 10.1. The first-order chi connectivity index (χ1) is 12.0. The van der Waals surface area contributed by atoms with Crippen LogP contribution in [0.25, 0.3) is 0 Å². The first-order valence-electron chi connectivity index (χ1n) is 8.04. The minimum atomic E-state index is -4.64. The van der Waals surface area contributed by atoms with Crippen molar-refractivity contribution in [2.24, 2.45) is 0 Å². The zero-order chi connectivity index (χ0) is 20.8. The average molecular weight is 426 g/mol. The van der Waals surface area contributed by atoms with Gasteiger partial charge in [0, 0.05) is 0 Å². The minimum absolute atomic E-state index is 0.535. The van der Waals surface area contributed by atoms with Gasteiger partial charge in [-0.2, -0.15) is 8.42 Å². The molecule has 150 valence electrons. The van der Waals surface area contributed by atoms with Gasteiger partial charge in [0.05, 0.1) is 16.0 Å². The molecule has 0 heterocycles. The van der Waals surface area contributed by atoms with Crippen LogP contribution < -0.4 is 0 Å². The monoisotopic (exact) mass is 426 g/mol. The fraction of sp³-hybridized carbons (Fsp3) is 0.500. The second-order valence-electron chi connectivity index (χ2n) is 5.12. The summed E-state index contributed by atoms with van der Waals surface area (Å²) in [6.45, 7) is 4.40. The van der Waals surface area contributed by atoms with Crippen molar-refractivity contribution in [3.63, 3.8) is 0 Å². The highest BCUT2D eigenvalue weighted by atomic mass is 32.2. The number of aromatic carboxylic acids is 2. The highest BCUT2D eigenvalue weighted by Gasteiger charge is 2.17. The molecular weight excluding hydrogens is 398 g/mol. The first kappa shape index (κ1) is 27.2. The molecule has 26 heavy (non-hydrogen) atoms. The van der Waals surface area contributed by atoms with Crippen molar-refractivity contribution >= 4 is 40.5 Å². The second kappa shape index (κ2) is 15.0. The van der Waals surface area contributed by atoms with Crippen molar-refractivity contribution in [3.05, 3.63) is 29.3 Å². The lowest BCUT2D eigenvalue weighted by Crippen LogP contribution is -2.07. The Labute approximate surface area is 159 Å². The summed E-state index contributed by atoms with van der Waals surface area (Å²) < 4.78 is 30.2. The van der Waals surface area contributed by atoms with E-state index < -0.39 is 38.1 Å². The summed E-state index contributed by atoms with van der Waals surface area (Å²) >= 11 is 0. The number of benzene rings is 1. The Bertz CT molecular complexity index is 618. The molecule has 3 N–H and O–H groups in total. The first-order valence-corrected chi connectivity index (χ1v) is 11.1.